The molecule has 3 fully saturated rings. The number of Topliss-reactive ketones (excluding diaryl/α,β-unsaturated/α-hetero) is 1. The third kappa shape index (κ3) is 8.63. The monoisotopic (exact) mass is 778 g/mol. The molecule has 0 bridgehead atoms. The lowest BCUT2D eigenvalue weighted by atomic mass is 9.89. The van der Waals surface area contributed by atoms with E-state index in [2.05, 4.69) is 10.0 Å². The first kappa shape index (κ1) is 39.1. The maximum Gasteiger partial charge on any atom is 0.408 e. The number of allylic oxidation sites excluding steroid dienone is 2. The quantitative estimate of drug-likeness (QED) is 0.345. The minimum absolute atomic E-state index is 0.0669. The van der Waals surface area contributed by atoms with Gasteiger partial charge < -0.3 is 24.4 Å². The Hall–Kier alpha value is -4.20. The Morgan fingerprint density at radius 2 is 1.76 bits per heavy atom. The lowest BCUT2D eigenvalue weighted by Gasteiger charge is -2.30. The third-order valence-electron chi connectivity index (χ3n) is 11.7. The Bertz CT molecular complexity index is 1990. The second-order valence-electron chi connectivity index (χ2n) is 17.0. The van der Waals surface area contributed by atoms with Crippen molar-refractivity contribution in [1.82, 2.24) is 19.9 Å². The second-order valence-corrected chi connectivity index (χ2v) is 19.0. The van der Waals surface area contributed by atoms with Gasteiger partial charge in [-0.2, -0.15) is 0 Å². The average molecular weight is 779 g/mol. The van der Waals surface area contributed by atoms with E-state index in [1.165, 1.54) is 4.90 Å². The van der Waals surface area contributed by atoms with E-state index >= 15 is 0 Å². The number of hydrogen-bond donors (Lipinski definition) is 2. The number of amides is 3. The molecule has 55 heavy (non-hydrogen) atoms. The van der Waals surface area contributed by atoms with E-state index in [9.17, 15) is 27.6 Å². The Morgan fingerprint density at radius 1 is 1.00 bits per heavy atom. The molecule has 5 aliphatic rings. The summed E-state index contributed by atoms with van der Waals surface area (Å²) < 4.78 is 45.8. The Balaban J connectivity index is 1.21. The summed E-state index contributed by atoms with van der Waals surface area (Å²) in [6.45, 7) is 5.31. The van der Waals surface area contributed by atoms with Crippen LogP contribution < -0.4 is 19.5 Å². The van der Waals surface area contributed by atoms with Gasteiger partial charge in [0.15, 0.2) is 5.78 Å². The number of nitrogens with one attached hydrogen (secondary N) is 2. The van der Waals surface area contributed by atoms with E-state index in [1.54, 1.807) is 27.9 Å². The number of rotatable bonds is 7. The highest BCUT2D eigenvalue weighted by Crippen LogP contribution is 2.57. The molecule has 14 heteroatoms. The molecule has 1 aromatic carbocycles. The highest BCUT2D eigenvalue weighted by molar-refractivity contribution is 7.90. The van der Waals surface area contributed by atoms with Crippen LogP contribution in [0.25, 0.3) is 10.9 Å². The van der Waals surface area contributed by atoms with Gasteiger partial charge in [-0.1, -0.05) is 25.0 Å². The lowest BCUT2D eigenvalue weighted by Crippen LogP contribution is -2.53. The molecule has 13 nitrogen and oxygen atoms in total. The smallest absolute Gasteiger partial charge is 0.408 e. The van der Waals surface area contributed by atoms with E-state index in [0.29, 0.717) is 38.0 Å². The molecule has 2 aliphatic heterocycles. The number of methoxy groups -OCH3 is 1. The van der Waals surface area contributed by atoms with Crippen molar-refractivity contribution in [3.63, 3.8) is 0 Å². The lowest BCUT2D eigenvalue weighted by molar-refractivity contribution is -0.140. The number of carbonyl (C=O) groups excluding carboxylic acids is 4. The summed E-state index contributed by atoms with van der Waals surface area (Å²) in [4.78, 5) is 62.5. The van der Waals surface area contributed by atoms with E-state index in [4.69, 9.17) is 19.2 Å². The molecule has 298 valence electrons. The molecule has 2 aromatic rings. The second kappa shape index (κ2) is 15.4. The summed E-state index contributed by atoms with van der Waals surface area (Å²) in [5.74, 6) is -0.512. The van der Waals surface area contributed by atoms with E-state index < -0.39 is 62.4 Å². The van der Waals surface area contributed by atoms with Crippen molar-refractivity contribution in [3.05, 3.63) is 41.5 Å². The molecule has 2 saturated carbocycles. The molecule has 0 spiro atoms. The maximum atomic E-state index is 14.6. The van der Waals surface area contributed by atoms with Crippen LogP contribution in [0.1, 0.15) is 109 Å². The molecular formula is C41H54N4O9S. The van der Waals surface area contributed by atoms with Gasteiger partial charge in [-0.15, -0.1) is 0 Å². The SMILES string of the molecule is COc1ccc2nc(O[C@@H]3C[C@H]4C(=O)C[C@]5(C(=O)NS(=O)(=O)C6CC6)C[C@H]5/C=C\CCCCC[C@H](NC(=O)OC(C)(C)C)C(=O)N4C3)c3c(c2c1)CCCC3. The zero-order chi connectivity index (χ0) is 39.1. The zero-order valence-electron chi connectivity index (χ0n) is 32.4. The molecule has 2 N–H and O–H groups in total. The molecule has 0 radical (unpaired) electrons. The third-order valence-corrected chi connectivity index (χ3v) is 13.5. The number of ether oxygens (including phenoxy) is 3. The Morgan fingerprint density at radius 3 is 2.49 bits per heavy atom. The van der Waals surface area contributed by atoms with E-state index in [1.807, 2.05) is 30.4 Å². The first-order valence-electron chi connectivity index (χ1n) is 19.9. The number of fused-ring (bicyclic) bond motifs is 5. The number of sulfonamides is 1. The van der Waals surface area contributed by atoms with Crippen LogP contribution in [0, 0.1) is 11.3 Å². The largest absolute Gasteiger partial charge is 0.497 e. The van der Waals surface area contributed by atoms with Crippen LogP contribution in [0.2, 0.25) is 0 Å². The van der Waals surface area contributed by atoms with Crippen molar-refractivity contribution in [2.24, 2.45) is 11.3 Å². The van der Waals surface area contributed by atoms with Crippen LogP contribution in [0.4, 0.5) is 4.79 Å². The maximum absolute atomic E-state index is 14.6. The standard InChI is InChI=1S/C41H54N4O9S/c1-40(2,3)54-39(49)43-33-15-9-7-5-6-8-12-25-22-41(25,38(48)44-55(50,51)28-17-18-28)23-35(46)34-21-27(24-45(34)37(33)47)53-36-30-14-11-10-13-29(30)31-20-26(52-4)16-19-32(31)42-36/h8,12,16,19-20,25,27-28,33-34H,5-7,9-11,13-15,17-18,21-24H2,1-4H3,(H,43,49)(H,44,48)/b12-8-/t25-,27-,33+,34+,41-/m1/s1. The predicted molar refractivity (Wildman–Crippen MR) is 205 cm³/mol. The highest BCUT2D eigenvalue weighted by Gasteiger charge is 2.61. The number of hydrogen-bond acceptors (Lipinski definition) is 10. The summed E-state index contributed by atoms with van der Waals surface area (Å²) in [6, 6.07) is 3.84. The number of aromatic nitrogens is 1. The van der Waals surface area contributed by atoms with Crippen molar-refractivity contribution in [3.8, 4) is 11.6 Å². The Labute approximate surface area is 323 Å². The topological polar surface area (TPSA) is 170 Å². The molecule has 3 heterocycles. The van der Waals surface area contributed by atoms with Gasteiger partial charge in [0.1, 0.15) is 23.5 Å². The number of alkyl carbamates (subject to hydrolysis) is 1. The average Bonchev–Trinajstić information content (AvgIpc) is 4.06. The van der Waals surface area contributed by atoms with Crippen molar-refractivity contribution >= 4 is 44.6 Å². The molecule has 3 aliphatic carbocycles. The van der Waals surface area contributed by atoms with Crippen LogP contribution in [-0.2, 0) is 42.0 Å². The number of nitrogens with zero attached hydrogens (tertiary/aromatic N) is 2. The predicted octanol–water partition coefficient (Wildman–Crippen LogP) is 5.46. The number of benzene rings is 1. The fourth-order valence-corrected chi connectivity index (χ4v) is 9.88. The first-order valence-corrected chi connectivity index (χ1v) is 21.4. The van der Waals surface area contributed by atoms with Crippen molar-refractivity contribution in [2.45, 2.75) is 140 Å². The Kier molecular flexibility index (Phi) is 10.9. The number of pyridine rings is 1. The van der Waals surface area contributed by atoms with Gasteiger partial charge in [-0.25, -0.2) is 18.2 Å². The summed E-state index contributed by atoms with van der Waals surface area (Å²) in [6.07, 6.45) is 10.9. The van der Waals surface area contributed by atoms with E-state index in [-0.39, 0.29) is 31.1 Å². The molecule has 1 aromatic heterocycles. The highest BCUT2D eigenvalue weighted by atomic mass is 32.2. The zero-order valence-corrected chi connectivity index (χ0v) is 33.2. The van der Waals surface area contributed by atoms with Crippen molar-refractivity contribution in [1.29, 1.82) is 0 Å². The summed E-state index contributed by atoms with van der Waals surface area (Å²) in [5.41, 5.74) is 0.911. The van der Waals surface area contributed by atoms with Gasteiger partial charge in [0.05, 0.1) is 35.9 Å². The van der Waals surface area contributed by atoms with Gasteiger partial charge in [-0.05, 0) is 115 Å². The van der Waals surface area contributed by atoms with Crippen LogP contribution >= 0.6 is 0 Å². The first-order chi connectivity index (χ1) is 26.2. The summed E-state index contributed by atoms with van der Waals surface area (Å²) >= 11 is 0. The molecular weight excluding hydrogens is 725 g/mol. The molecule has 0 unspecified atom stereocenters. The number of carbonyl (C=O) groups is 4. The van der Waals surface area contributed by atoms with Crippen LogP contribution in [0.5, 0.6) is 11.6 Å². The van der Waals surface area contributed by atoms with Crippen LogP contribution in [0.3, 0.4) is 0 Å². The van der Waals surface area contributed by atoms with Crippen molar-refractivity contribution < 1.29 is 41.8 Å². The molecule has 7 rings (SSSR count). The van der Waals surface area contributed by atoms with Gasteiger partial charge in [-0.3, -0.25) is 19.1 Å². The van der Waals surface area contributed by atoms with Gasteiger partial charge in [0.25, 0.3) is 0 Å². The summed E-state index contributed by atoms with van der Waals surface area (Å²) in [7, 11) is -2.21. The minimum atomic E-state index is -3.84. The van der Waals surface area contributed by atoms with Crippen LogP contribution in [-0.4, -0.2) is 84.7 Å². The fraction of sp³-hybridized carbons (Fsp3) is 0.634. The molecule has 5 atom stereocenters. The van der Waals surface area contributed by atoms with Crippen molar-refractivity contribution in [2.75, 3.05) is 13.7 Å². The molecule has 3 amide bonds. The van der Waals surface area contributed by atoms with Gasteiger partial charge in [0.2, 0.25) is 27.7 Å². The van der Waals surface area contributed by atoms with Gasteiger partial charge >= 0.3 is 6.09 Å². The number of ketones is 1. The van der Waals surface area contributed by atoms with Crippen LogP contribution in [0.15, 0.2) is 30.4 Å². The molecule has 1 saturated heterocycles. The number of aryl methyl sites for hydroxylation is 1. The minimum Gasteiger partial charge on any atom is -0.497 e. The fourth-order valence-electron chi connectivity index (χ4n) is 8.49. The van der Waals surface area contributed by atoms with Gasteiger partial charge in [0, 0.05) is 23.8 Å². The normalized spacial score (nSPS) is 28.1. The summed E-state index contributed by atoms with van der Waals surface area (Å²) in [5, 5.41) is 3.22. The van der Waals surface area contributed by atoms with E-state index in [0.717, 1.165) is 72.7 Å².